The SMILES string of the molecule is COc1cc2c(cc1OC)C(c1cccs1)N(C(=O)Cc1ccc(Cl)cc1)CC2. The number of thiophene rings is 1. The van der Waals surface area contributed by atoms with Gasteiger partial charge < -0.3 is 14.4 Å². The quantitative estimate of drug-likeness (QED) is 0.566. The monoisotopic (exact) mass is 427 g/mol. The van der Waals surface area contributed by atoms with Gasteiger partial charge in [0.05, 0.1) is 26.7 Å². The zero-order valence-corrected chi connectivity index (χ0v) is 17.9. The van der Waals surface area contributed by atoms with Crippen LogP contribution in [0.3, 0.4) is 0 Å². The average molecular weight is 428 g/mol. The number of amides is 1. The van der Waals surface area contributed by atoms with Crippen LogP contribution >= 0.6 is 22.9 Å². The van der Waals surface area contributed by atoms with Crippen molar-refractivity contribution in [3.8, 4) is 11.5 Å². The van der Waals surface area contributed by atoms with E-state index in [4.69, 9.17) is 21.1 Å². The minimum atomic E-state index is -0.127. The van der Waals surface area contributed by atoms with Crippen LogP contribution in [0.15, 0.2) is 53.9 Å². The van der Waals surface area contributed by atoms with Gasteiger partial charge in [-0.3, -0.25) is 4.79 Å². The maximum absolute atomic E-state index is 13.3. The first-order valence-electron chi connectivity index (χ1n) is 9.43. The van der Waals surface area contributed by atoms with Crippen molar-refractivity contribution >= 4 is 28.8 Å². The van der Waals surface area contributed by atoms with Crippen LogP contribution in [0.5, 0.6) is 11.5 Å². The number of benzene rings is 2. The molecule has 4 nitrogen and oxygen atoms in total. The van der Waals surface area contributed by atoms with Crippen molar-refractivity contribution in [1.29, 1.82) is 0 Å². The van der Waals surface area contributed by atoms with Crippen molar-refractivity contribution < 1.29 is 14.3 Å². The van der Waals surface area contributed by atoms with E-state index >= 15 is 0 Å². The number of nitrogens with zero attached hydrogens (tertiary/aromatic N) is 1. The lowest BCUT2D eigenvalue weighted by Gasteiger charge is -2.37. The van der Waals surface area contributed by atoms with Crippen LogP contribution in [0, 0.1) is 0 Å². The highest BCUT2D eigenvalue weighted by atomic mass is 35.5. The number of fused-ring (bicyclic) bond motifs is 1. The number of halogens is 1. The lowest BCUT2D eigenvalue weighted by atomic mass is 9.90. The van der Waals surface area contributed by atoms with Crippen molar-refractivity contribution in [3.05, 3.63) is 80.5 Å². The summed E-state index contributed by atoms with van der Waals surface area (Å²) in [6.07, 6.45) is 1.13. The standard InChI is InChI=1S/C23H22ClNO3S/c1-27-19-13-16-9-10-25(22(26)12-15-5-7-17(24)8-6-15)23(21-4-3-11-29-21)18(16)14-20(19)28-2/h3-8,11,13-14,23H,9-10,12H2,1-2H3. The Bertz CT molecular complexity index is 1000. The molecule has 0 fully saturated rings. The van der Waals surface area contributed by atoms with Gasteiger partial charge in [0.1, 0.15) is 0 Å². The van der Waals surface area contributed by atoms with Crippen LogP contribution in [0.4, 0.5) is 0 Å². The average Bonchev–Trinajstić information content (AvgIpc) is 3.27. The highest BCUT2D eigenvalue weighted by Gasteiger charge is 2.33. The predicted molar refractivity (Wildman–Crippen MR) is 116 cm³/mol. The number of methoxy groups -OCH3 is 2. The normalized spacial score (nSPS) is 15.7. The molecule has 1 aliphatic rings. The number of rotatable bonds is 5. The largest absolute Gasteiger partial charge is 0.493 e. The van der Waals surface area contributed by atoms with Gasteiger partial charge in [-0.05, 0) is 58.8 Å². The molecular formula is C23H22ClNO3S. The van der Waals surface area contributed by atoms with Gasteiger partial charge in [0.15, 0.2) is 11.5 Å². The van der Waals surface area contributed by atoms with Crippen molar-refractivity contribution in [2.75, 3.05) is 20.8 Å². The van der Waals surface area contributed by atoms with Crippen molar-refractivity contribution in [3.63, 3.8) is 0 Å². The highest BCUT2D eigenvalue weighted by molar-refractivity contribution is 7.10. The molecule has 1 aromatic heterocycles. The smallest absolute Gasteiger partial charge is 0.227 e. The molecule has 0 spiro atoms. The number of hydrogen-bond acceptors (Lipinski definition) is 4. The molecule has 3 aromatic rings. The van der Waals surface area contributed by atoms with E-state index in [2.05, 4.69) is 6.07 Å². The van der Waals surface area contributed by atoms with Gasteiger partial charge in [0.2, 0.25) is 5.91 Å². The third-order valence-corrected chi connectivity index (χ3v) is 6.45. The molecule has 0 aliphatic carbocycles. The maximum Gasteiger partial charge on any atom is 0.227 e. The molecule has 150 valence electrons. The molecule has 2 heterocycles. The summed E-state index contributed by atoms with van der Waals surface area (Å²) in [5.74, 6) is 1.50. The molecule has 0 saturated carbocycles. The van der Waals surface area contributed by atoms with E-state index < -0.39 is 0 Å². The van der Waals surface area contributed by atoms with E-state index in [-0.39, 0.29) is 11.9 Å². The second kappa shape index (κ2) is 8.47. The fourth-order valence-electron chi connectivity index (χ4n) is 3.85. The zero-order valence-electron chi connectivity index (χ0n) is 16.4. The Labute approximate surface area is 179 Å². The summed E-state index contributed by atoms with van der Waals surface area (Å²) in [5, 5.41) is 2.72. The van der Waals surface area contributed by atoms with Gasteiger partial charge in [-0.25, -0.2) is 0 Å². The van der Waals surface area contributed by atoms with Gasteiger partial charge in [-0.1, -0.05) is 29.8 Å². The first kappa shape index (κ1) is 19.8. The topological polar surface area (TPSA) is 38.8 Å². The minimum absolute atomic E-state index is 0.103. The highest BCUT2D eigenvalue weighted by Crippen LogP contribution is 2.42. The Hall–Kier alpha value is -2.50. The molecule has 1 unspecified atom stereocenters. The van der Waals surface area contributed by atoms with Crippen LogP contribution < -0.4 is 9.47 Å². The van der Waals surface area contributed by atoms with Crippen LogP contribution in [0.25, 0.3) is 0 Å². The van der Waals surface area contributed by atoms with Crippen molar-refractivity contribution in [2.24, 2.45) is 0 Å². The van der Waals surface area contributed by atoms with Crippen LogP contribution in [-0.4, -0.2) is 31.6 Å². The molecule has 2 aromatic carbocycles. The molecule has 1 atom stereocenters. The molecule has 29 heavy (non-hydrogen) atoms. The number of carbonyl (C=O) groups is 1. The van der Waals surface area contributed by atoms with Gasteiger partial charge in [-0.15, -0.1) is 11.3 Å². The van der Waals surface area contributed by atoms with Gasteiger partial charge in [-0.2, -0.15) is 0 Å². The Balaban J connectivity index is 1.71. The molecule has 4 rings (SSSR count). The summed E-state index contributed by atoms with van der Waals surface area (Å²) >= 11 is 7.64. The van der Waals surface area contributed by atoms with Gasteiger partial charge in [0, 0.05) is 16.4 Å². The number of hydrogen-bond donors (Lipinski definition) is 0. The summed E-state index contributed by atoms with van der Waals surface area (Å²) in [5.41, 5.74) is 3.25. The molecule has 0 saturated heterocycles. The molecule has 0 N–H and O–H groups in total. The van der Waals surface area contributed by atoms with E-state index in [9.17, 15) is 4.79 Å². The molecule has 0 radical (unpaired) electrons. The maximum atomic E-state index is 13.3. The lowest BCUT2D eigenvalue weighted by Crippen LogP contribution is -2.41. The van der Waals surface area contributed by atoms with E-state index in [1.807, 2.05) is 52.7 Å². The molecule has 0 bridgehead atoms. The van der Waals surface area contributed by atoms with E-state index in [1.54, 1.807) is 25.6 Å². The second-order valence-corrected chi connectivity index (χ2v) is 8.38. The summed E-state index contributed by atoms with van der Waals surface area (Å²) in [6.45, 7) is 0.664. The second-order valence-electron chi connectivity index (χ2n) is 6.96. The fraction of sp³-hybridized carbons (Fsp3) is 0.261. The van der Waals surface area contributed by atoms with Gasteiger partial charge >= 0.3 is 0 Å². The molecule has 6 heteroatoms. The summed E-state index contributed by atoms with van der Waals surface area (Å²) < 4.78 is 11.0. The van der Waals surface area contributed by atoms with E-state index in [0.29, 0.717) is 23.7 Å². The molecular weight excluding hydrogens is 406 g/mol. The Morgan fingerprint density at radius 3 is 2.52 bits per heavy atom. The first-order valence-corrected chi connectivity index (χ1v) is 10.7. The Morgan fingerprint density at radius 1 is 1.14 bits per heavy atom. The van der Waals surface area contributed by atoms with E-state index in [1.165, 1.54) is 5.56 Å². The van der Waals surface area contributed by atoms with Gasteiger partial charge in [0.25, 0.3) is 0 Å². The zero-order chi connectivity index (χ0) is 20.4. The van der Waals surface area contributed by atoms with Crippen LogP contribution in [0.1, 0.15) is 27.6 Å². The predicted octanol–water partition coefficient (Wildman–Crippen LogP) is 5.14. The Kier molecular flexibility index (Phi) is 5.79. The third kappa shape index (κ3) is 3.98. The third-order valence-electron chi connectivity index (χ3n) is 5.28. The summed E-state index contributed by atoms with van der Waals surface area (Å²) in [6, 6.07) is 15.5. The molecule has 1 amide bonds. The van der Waals surface area contributed by atoms with Crippen LogP contribution in [-0.2, 0) is 17.6 Å². The fourth-order valence-corrected chi connectivity index (χ4v) is 4.83. The summed E-state index contributed by atoms with van der Waals surface area (Å²) in [7, 11) is 3.28. The molecule has 1 aliphatic heterocycles. The van der Waals surface area contributed by atoms with Crippen molar-refractivity contribution in [2.45, 2.75) is 18.9 Å². The number of carbonyl (C=O) groups excluding carboxylic acids is 1. The number of ether oxygens (including phenoxy) is 2. The minimum Gasteiger partial charge on any atom is -0.493 e. The van der Waals surface area contributed by atoms with Crippen LogP contribution in [0.2, 0.25) is 5.02 Å². The Morgan fingerprint density at radius 2 is 1.86 bits per heavy atom. The van der Waals surface area contributed by atoms with Crippen molar-refractivity contribution in [1.82, 2.24) is 4.90 Å². The van der Waals surface area contributed by atoms with E-state index in [0.717, 1.165) is 28.2 Å². The first-order chi connectivity index (χ1) is 14.1. The summed E-state index contributed by atoms with van der Waals surface area (Å²) in [4.78, 5) is 16.4. The lowest BCUT2D eigenvalue weighted by molar-refractivity contribution is -0.132.